The number of para-hydroxylation sites is 1. The molecule has 0 bridgehead atoms. The van der Waals surface area contributed by atoms with E-state index in [2.05, 4.69) is 36.8 Å². The van der Waals surface area contributed by atoms with E-state index < -0.39 is 0 Å². The zero-order valence-corrected chi connectivity index (χ0v) is 15.2. The highest BCUT2D eigenvalue weighted by molar-refractivity contribution is 9.10. The number of aromatic nitrogens is 2. The lowest BCUT2D eigenvalue weighted by atomic mass is 10.1. The number of nitrogens with one attached hydrogen (secondary N) is 2. The SMILES string of the molecule is Cc1ccc(CNC(=O)c2ccc(Nc3ccccc3Br)nn2)cc1. The Morgan fingerprint density at radius 3 is 2.44 bits per heavy atom. The van der Waals surface area contributed by atoms with E-state index in [9.17, 15) is 4.79 Å². The maximum absolute atomic E-state index is 12.2. The Morgan fingerprint density at radius 2 is 1.76 bits per heavy atom. The zero-order valence-electron chi connectivity index (χ0n) is 13.7. The molecule has 0 radical (unpaired) electrons. The molecule has 3 rings (SSSR count). The third-order valence-corrected chi connectivity index (χ3v) is 4.30. The lowest BCUT2D eigenvalue weighted by Gasteiger charge is -2.08. The molecule has 0 aliphatic carbocycles. The summed E-state index contributed by atoms with van der Waals surface area (Å²) in [6.07, 6.45) is 0. The van der Waals surface area contributed by atoms with Gasteiger partial charge in [-0.05, 0) is 52.7 Å². The standard InChI is InChI=1S/C19H17BrN4O/c1-13-6-8-14(9-7-13)12-21-19(25)17-10-11-18(24-23-17)22-16-5-3-2-4-15(16)20/h2-11H,12H2,1H3,(H,21,25)(H,22,24). The van der Waals surface area contributed by atoms with Gasteiger partial charge in [0.25, 0.3) is 5.91 Å². The molecule has 126 valence electrons. The predicted octanol–water partition coefficient (Wildman–Crippen LogP) is 4.22. The van der Waals surface area contributed by atoms with Crippen molar-refractivity contribution in [3.8, 4) is 0 Å². The molecule has 1 heterocycles. The second kappa shape index (κ2) is 7.90. The van der Waals surface area contributed by atoms with Crippen molar-refractivity contribution in [2.45, 2.75) is 13.5 Å². The molecule has 0 spiro atoms. The number of carbonyl (C=O) groups excluding carboxylic acids is 1. The van der Waals surface area contributed by atoms with Crippen LogP contribution in [0.2, 0.25) is 0 Å². The molecule has 0 unspecified atom stereocenters. The van der Waals surface area contributed by atoms with Crippen molar-refractivity contribution in [2.75, 3.05) is 5.32 Å². The second-order valence-corrected chi connectivity index (χ2v) is 6.43. The maximum Gasteiger partial charge on any atom is 0.272 e. The van der Waals surface area contributed by atoms with Crippen LogP contribution in [-0.4, -0.2) is 16.1 Å². The average Bonchev–Trinajstić information content (AvgIpc) is 2.63. The van der Waals surface area contributed by atoms with Gasteiger partial charge < -0.3 is 10.6 Å². The highest BCUT2D eigenvalue weighted by Gasteiger charge is 2.08. The number of nitrogens with zero attached hydrogens (tertiary/aromatic N) is 2. The molecule has 0 aliphatic rings. The first-order valence-corrected chi connectivity index (χ1v) is 8.60. The predicted molar refractivity (Wildman–Crippen MR) is 102 cm³/mol. The van der Waals surface area contributed by atoms with Crippen molar-refractivity contribution in [2.24, 2.45) is 0 Å². The molecule has 0 saturated carbocycles. The first-order chi connectivity index (χ1) is 12.1. The quantitative estimate of drug-likeness (QED) is 0.677. The Kier molecular flexibility index (Phi) is 5.40. The van der Waals surface area contributed by atoms with Gasteiger partial charge in [0.1, 0.15) is 0 Å². The van der Waals surface area contributed by atoms with Crippen LogP contribution < -0.4 is 10.6 Å². The Bertz CT molecular complexity index is 863. The van der Waals surface area contributed by atoms with Gasteiger partial charge >= 0.3 is 0 Å². The molecule has 2 aromatic carbocycles. The van der Waals surface area contributed by atoms with E-state index in [0.29, 0.717) is 12.4 Å². The van der Waals surface area contributed by atoms with Gasteiger partial charge in [-0.2, -0.15) is 0 Å². The number of amides is 1. The first-order valence-electron chi connectivity index (χ1n) is 7.81. The van der Waals surface area contributed by atoms with E-state index in [1.807, 2.05) is 55.5 Å². The number of carbonyl (C=O) groups is 1. The molecule has 2 N–H and O–H groups in total. The van der Waals surface area contributed by atoms with Crippen LogP contribution in [0.3, 0.4) is 0 Å². The van der Waals surface area contributed by atoms with E-state index in [-0.39, 0.29) is 11.6 Å². The molecule has 0 fully saturated rings. The summed E-state index contributed by atoms with van der Waals surface area (Å²) in [5.74, 6) is 0.322. The molecule has 3 aromatic rings. The van der Waals surface area contributed by atoms with Crippen LogP contribution in [0.5, 0.6) is 0 Å². The van der Waals surface area contributed by atoms with Crippen molar-refractivity contribution in [3.63, 3.8) is 0 Å². The molecule has 0 saturated heterocycles. The van der Waals surface area contributed by atoms with Gasteiger partial charge in [-0.25, -0.2) is 0 Å². The maximum atomic E-state index is 12.2. The van der Waals surface area contributed by atoms with Gasteiger partial charge in [0.05, 0.1) is 5.69 Å². The van der Waals surface area contributed by atoms with Crippen LogP contribution in [-0.2, 0) is 6.54 Å². The number of halogens is 1. The van der Waals surface area contributed by atoms with Crippen molar-refractivity contribution < 1.29 is 4.79 Å². The Balaban J connectivity index is 1.60. The number of rotatable bonds is 5. The summed E-state index contributed by atoms with van der Waals surface area (Å²) in [6.45, 7) is 2.49. The van der Waals surface area contributed by atoms with Gasteiger partial charge in [-0.15, -0.1) is 10.2 Å². The molecule has 0 atom stereocenters. The summed E-state index contributed by atoms with van der Waals surface area (Å²) >= 11 is 3.46. The molecule has 1 amide bonds. The van der Waals surface area contributed by atoms with Crippen LogP contribution in [0, 0.1) is 6.92 Å². The third kappa shape index (κ3) is 4.64. The van der Waals surface area contributed by atoms with Gasteiger partial charge in [-0.1, -0.05) is 42.0 Å². The fourth-order valence-corrected chi connectivity index (χ4v) is 2.58. The molecule has 25 heavy (non-hydrogen) atoms. The smallest absolute Gasteiger partial charge is 0.272 e. The van der Waals surface area contributed by atoms with Crippen LogP contribution in [0.4, 0.5) is 11.5 Å². The van der Waals surface area contributed by atoms with Crippen LogP contribution in [0.15, 0.2) is 65.1 Å². The fraction of sp³-hybridized carbons (Fsp3) is 0.105. The minimum Gasteiger partial charge on any atom is -0.347 e. The summed E-state index contributed by atoms with van der Waals surface area (Å²) in [5.41, 5.74) is 3.39. The first kappa shape index (κ1) is 17.1. The lowest BCUT2D eigenvalue weighted by molar-refractivity contribution is 0.0945. The molecule has 5 nitrogen and oxygen atoms in total. The minimum atomic E-state index is -0.250. The molecular formula is C19H17BrN4O. The van der Waals surface area contributed by atoms with Crippen molar-refractivity contribution in [1.82, 2.24) is 15.5 Å². The zero-order chi connectivity index (χ0) is 17.6. The summed E-state index contributed by atoms with van der Waals surface area (Å²) in [7, 11) is 0. The number of anilines is 2. The van der Waals surface area contributed by atoms with Crippen LogP contribution >= 0.6 is 15.9 Å². The third-order valence-electron chi connectivity index (χ3n) is 3.61. The minimum absolute atomic E-state index is 0.250. The van der Waals surface area contributed by atoms with Gasteiger partial charge in [0, 0.05) is 11.0 Å². The Labute approximate surface area is 154 Å². The van der Waals surface area contributed by atoms with E-state index >= 15 is 0 Å². The van der Waals surface area contributed by atoms with Crippen LogP contribution in [0.1, 0.15) is 21.6 Å². The van der Waals surface area contributed by atoms with Gasteiger partial charge in [0.15, 0.2) is 11.5 Å². The van der Waals surface area contributed by atoms with E-state index in [0.717, 1.165) is 15.7 Å². The normalized spacial score (nSPS) is 10.3. The monoisotopic (exact) mass is 396 g/mol. The largest absolute Gasteiger partial charge is 0.347 e. The summed E-state index contributed by atoms with van der Waals surface area (Å²) in [6, 6.07) is 19.1. The lowest BCUT2D eigenvalue weighted by Crippen LogP contribution is -2.24. The Morgan fingerprint density at radius 1 is 1.00 bits per heavy atom. The fourth-order valence-electron chi connectivity index (χ4n) is 2.20. The molecule has 1 aromatic heterocycles. The number of hydrogen-bond acceptors (Lipinski definition) is 4. The number of benzene rings is 2. The van der Waals surface area contributed by atoms with Crippen molar-refractivity contribution >= 4 is 33.3 Å². The highest BCUT2D eigenvalue weighted by atomic mass is 79.9. The average molecular weight is 397 g/mol. The summed E-state index contributed by atoms with van der Waals surface area (Å²) in [4.78, 5) is 12.2. The number of aryl methyl sites for hydroxylation is 1. The highest BCUT2D eigenvalue weighted by Crippen LogP contribution is 2.24. The summed E-state index contributed by atoms with van der Waals surface area (Å²) in [5, 5.41) is 14.0. The van der Waals surface area contributed by atoms with Crippen LogP contribution in [0.25, 0.3) is 0 Å². The van der Waals surface area contributed by atoms with Crippen molar-refractivity contribution in [3.05, 3.63) is 82.0 Å². The second-order valence-electron chi connectivity index (χ2n) is 5.58. The van der Waals surface area contributed by atoms with Gasteiger partial charge in [0.2, 0.25) is 0 Å². The molecule has 6 heteroatoms. The van der Waals surface area contributed by atoms with Gasteiger partial charge in [-0.3, -0.25) is 4.79 Å². The molecular weight excluding hydrogens is 380 g/mol. The summed E-state index contributed by atoms with van der Waals surface area (Å²) < 4.78 is 0.928. The topological polar surface area (TPSA) is 66.9 Å². The Hall–Kier alpha value is -2.73. The van der Waals surface area contributed by atoms with E-state index in [1.165, 1.54) is 5.56 Å². The van der Waals surface area contributed by atoms with E-state index in [1.54, 1.807) is 12.1 Å². The molecule has 0 aliphatic heterocycles. The van der Waals surface area contributed by atoms with E-state index in [4.69, 9.17) is 0 Å². The van der Waals surface area contributed by atoms with Crippen molar-refractivity contribution in [1.29, 1.82) is 0 Å². The number of hydrogen-bond donors (Lipinski definition) is 2.